The Bertz CT molecular complexity index is 1440. The Morgan fingerprint density at radius 3 is 2.58 bits per heavy atom. The lowest BCUT2D eigenvalue weighted by Gasteiger charge is -2.19. The number of carbonyl (C=O) groups excluding carboxylic acids is 1. The summed E-state index contributed by atoms with van der Waals surface area (Å²) in [6, 6.07) is 15.0. The predicted molar refractivity (Wildman–Crippen MR) is 155 cm³/mol. The molecule has 0 atom stereocenters. The Labute approximate surface area is 225 Å². The molecule has 0 aliphatic carbocycles. The Morgan fingerprint density at radius 1 is 1.08 bits per heavy atom. The standard InChI is InChI=1S/C29H37N5O3Si/c1-20-9-8-10-25(32-20)27-26(31-18-34(27)19-36-13-14-38(5,6)7)21-11-12-24-22(15-21)16-23(17-30-24)33-28(35)37-29(2,3)4/h8-12,15-18H,13-14,19H2,1-7H3,(H,33,35). The topological polar surface area (TPSA) is 91.2 Å². The van der Waals surface area contributed by atoms with Crippen LogP contribution in [0.5, 0.6) is 0 Å². The third kappa shape index (κ3) is 7.26. The fourth-order valence-electron chi connectivity index (χ4n) is 3.94. The molecule has 0 aliphatic rings. The first-order valence-corrected chi connectivity index (χ1v) is 16.6. The summed E-state index contributed by atoms with van der Waals surface area (Å²) < 4.78 is 13.5. The van der Waals surface area contributed by atoms with E-state index in [2.05, 4.69) is 29.9 Å². The van der Waals surface area contributed by atoms with Crippen molar-refractivity contribution in [1.29, 1.82) is 0 Å². The zero-order valence-electron chi connectivity index (χ0n) is 23.3. The Hall–Kier alpha value is -3.56. The summed E-state index contributed by atoms with van der Waals surface area (Å²) in [6.45, 7) is 15.6. The van der Waals surface area contributed by atoms with Gasteiger partial charge in [-0.3, -0.25) is 15.3 Å². The van der Waals surface area contributed by atoms with E-state index in [0.717, 1.165) is 51.9 Å². The molecule has 0 saturated heterocycles. The molecule has 38 heavy (non-hydrogen) atoms. The molecule has 0 saturated carbocycles. The first-order valence-electron chi connectivity index (χ1n) is 12.9. The van der Waals surface area contributed by atoms with E-state index in [0.29, 0.717) is 12.4 Å². The summed E-state index contributed by atoms with van der Waals surface area (Å²) in [7, 11) is -1.18. The number of pyridine rings is 2. The van der Waals surface area contributed by atoms with Crippen LogP contribution in [0.2, 0.25) is 25.7 Å². The van der Waals surface area contributed by atoms with Crippen LogP contribution in [0.4, 0.5) is 10.5 Å². The van der Waals surface area contributed by atoms with E-state index in [1.165, 1.54) is 0 Å². The maximum Gasteiger partial charge on any atom is 0.412 e. The maximum absolute atomic E-state index is 12.3. The number of imidazole rings is 1. The van der Waals surface area contributed by atoms with Gasteiger partial charge in [0.05, 0.1) is 40.8 Å². The molecular formula is C29H37N5O3Si. The zero-order chi connectivity index (χ0) is 27.5. The second-order valence-electron chi connectivity index (χ2n) is 11.7. The van der Waals surface area contributed by atoms with Crippen molar-refractivity contribution in [1.82, 2.24) is 19.5 Å². The molecule has 1 N–H and O–H groups in total. The number of hydrogen-bond acceptors (Lipinski definition) is 6. The van der Waals surface area contributed by atoms with Crippen molar-refractivity contribution in [3.63, 3.8) is 0 Å². The van der Waals surface area contributed by atoms with Crippen molar-refractivity contribution in [2.24, 2.45) is 0 Å². The Morgan fingerprint density at radius 2 is 1.87 bits per heavy atom. The minimum absolute atomic E-state index is 0.404. The molecule has 4 rings (SSSR count). The van der Waals surface area contributed by atoms with Gasteiger partial charge >= 0.3 is 6.09 Å². The van der Waals surface area contributed by atoms with Crippen LogP contribution >= 0.6 is 0 Å². The smallest absolute Gasteiger partial charge is 0.412 e. The molecule has 4 aromatic rings. The summed E-state index contributed by atoms with van der Waals surface area (Å²) >= 11 is 0. The first-order chi connectivity index (χ1) is 17.9. The van der Waals surface area contributed by atoms with Crippen LogP contribution in [0.1, 0.15) is 26.5 Å². The van der Waals surface area contributed by atoms with E-state index in [-0.39, 0.29) is 0 Å². The van der Waals surface area contributed by atoms with Crippen molar-refractivity contribution in [2.75, 3.05) is 11.9 Å². The van der Waals surface area contributed by atoms with E-state index in [9.17, 15) is 4.79 Å². The molecule has 8 nitrogen and oxygen atoms in total. The third-order valence-electron chi connectivity index (χ3n) is 5.80. The molecule has 0 fully saturated rings. The fourth-order valence-corrected chi connectivity index (χ4v) is 4.70. The molecule has 3 aromatic heterocycles. The van der Waals surface area contributed by atoms with Crippen LogP contribution in [0.25, 0.3) is 33.5 Å². The number of ether oxygens (including phenoxy) is 2. The molecule has 3 heterocycles. The Kier molecular flexibility index (Phi) is 7.98. The highest BCUT2D eigenvalue weighted by Gasteiger charge is 2.19. The minimum atomic E-state index is -1.18. The monoisotopic (exact) mass is 531 g/mol. The van der Waals surface area contributed by atoms with Gasteiger partial charge in [0.1, 0.15) is 12.3 Å². The van der Waals surface area contributed by atoms with Gasteiger partial charge in [-0.1, -0.05) is 31.8 Å². The molecule has 1 amide bonds. The summed E-state index contributed by atoms with van der Waals surface area (Å²) in [5.41, 5.74) is 5.19. The normalized spacial score (nSPS) is 12.1. The number of amides is 1. The molecule has 0 aliphatic heterocycles. The number of nitrogens with zero attached hydrogens (tertiary/aromatic N) is 4. The van der Waals surface area contributed by atoms with Gasteiger partial charge in [0, 0.05) is 31.3 Å². The lowest BCUT2D eigenvalue weighted by Crippen LogP contribution is -2.27. The molecule has 200 valence electrons. The number of benzene rings is 1. The van der Waals surface area contributed by atoms with Gasteiger partial charge < -0.3 is 14.0 Å². The lowest BCUT2D eigenvalue weighted by molar-refractivity contribution is 0.0636. The van der Waals surface area contributed by atoms with E-state index in [1.54, 1.807) is 6.20 Å². The van der Waals surface area contributed by atoms with E-state index in [1.807, 2.05) is 81.1 Å². The predicted octanol–water partition coefficient (Wildman–Crippen LogP) is 7.13. The second kappa shape index (κ2) is 11.0. The van der Waals surface area contributed by atoms with Crippen LogP contribution < -0.4 is 5.32 Å². The number of fused-ring (bicyclic) bond motifs is 1. The third-order valence-corrected chi connectivity index (χ3v) is 7.50. The summed E-state index contributed by atoms with van der Waals surface area (Å²) in [5, 5.41) is 3.64. The number of nitrogens with one attached hydrogen (secondary N) is 1. The van der Waals surface area contributed by atoms with Crippen molar-refractivity contribution in [2.45, 2.75) is 65.7 Å². The largest absolute Gasteiger partial charge is 0.444 e. The van der Waals surface area contributed by atoms with E-state index in [4.69, 9.17) is 19.4 Å². The van der Waals surface area contributed by atoms with Gasteiger partial charge in [-0.2, -0.15) is 0 Å². The van der Waals surface area contributed by atoms with Crippen LogP contribution in [-0.2, 0) is 16.2 Å². The van der Waals surface area contributed by atoms with Gasteiger partial charge in [0.25, 0.3) is 0 Å². The number of anilines is 1. The summed E-state index contributed by atoms with van der Waals surface area (Å²) in [5.74, 6) is 0. The van der Waals surface area contributed by atoms with E-state index < -0.39 is 19.8 Å². The van der Waals surface area contributed by atoms with Gasteiger partial charge in [-0.25, -0.2) is 9.78 Å². The maximum atomic E-state index is 12.3. The van der Waals surface area contributed by atoms with Crippen molar-refractivity contribution in [3.05, 3.63) is 60.7 Å². The fraction of sp³-hybridized carbons (Fsp3) is 0.379. The first kappa shape index (κ1) is 27.5. The SMILES string of the molecule is Cc1cccc(-c2c(-c3ccc4ncc(NC(=O)OC(C)(C)C)cc4c3)ncn2COCC[Si](C)(C)C)n1. The van der Waals surface area contributed by atoms with E-state index >= 15 is 0 Å². The number of rotatable bonds is 8. The number of hydrogen-bond donors (Lipinski definition) is 1. The summed E-state index contributed by atoms with van der Waals surface area (Å²) in [6.07, 6.45) is 2.92. The lowest BCUT2D eigenvalue weighted by atomic mass is 10.0. The van der Waals surface area contributed by atoms with Crippen molar-refractivity contribution < 1.29 is 14.3 Å². The molecule has 9 heteroatoms. The van der Waals surface area contributed by atoms with Crippen molar-refractivity contribution >= 4 is 30.8 Å². The van der Waals surface area contributed by atoms with Gasteiger partial charge in [-0.05, 0) is 64.1 Å². The highest BCUT2D eigenvalue weighted by molar-refractivity contribution is 6.76. The van der Waals surface area contributed by atoms with Gasteiger partial charge in [0.15, 0.2) is 0 Å². The quantitative estimate of drug-likeness (QED) is 0.192. The molecular weight excluding hydrogens is 494 g/mol. The molecule has 0 unspecified atom stereocenters. The molecule has 0 radical (unpaired) electrons. The summed E-state index contributed by atoms with van der Waals surface area (Å²) in [4.78, 5) is 26.3. The number of aryl methyl sites for hydroxylation is 1. The molecule has 0 spiro atoms. The second-order valence-corrected chi connectivity index (χ2v) is 17.3. The van der Waals surface area contributed by atoms with Gasteiger partial charge in [-0.15, -0.1) is 0 Å². The van der Waals surface area contributed by atoms with Crippen LogP contribution in [0.3, 0.4) is 0 Å². The van der Waals surface area contributed by atoms with Crippen LogP contribution in [-0.4, -0.2) is 45.9 Å². The zero-order valence-corrected chi connectivity index (χ0v) is 24.3. The Balaban J connectivity index is 1.67. The highest BCUT2D eigenvalue weighted by atomic mass is 28.3. The minimum Gasteiger partial charge on any atom is -0.444 e. The number of carbonyl (C=O) groups is 1. The van der Waals surface area contributed by atoms with Crippen molar-refractivity contribution in [3.8, 4) is 22.6 Å². The van der Waals surface area contributed by atoms with Crippen LogP contribution in [0.15, 0.2) is 55.0 Å². The van der Waals surface area contributed by atoms with Gasteiger partial charge in [0.2, 0.25) is 0 Å². The average Bonchev–Trinajstić information content (AvgIpc) is 3.23. The number of aromatic nitrogens is 4. The van der Waals surface area contributed by atoms with Crippen LogP contribution in [0, 0.1) is 6.92 Å². The molecule has 0 bridgehead atoms. The highest BCUT2D eigenvalue weighted by Crippen LogP contribution is 2.32. The average molecular weight is 532 g/mol. The molecule has 1 aromatic carbocycles.